The summed E-state index contributed by atoms with van der Waals surface area (Å²) in [5, 5.41) is 13.4. The fraction of sp³-hybridized carbons (Fsp3) is 0.733. The molecular formula is C15H21ClF3N3O. The van der Waals surface area contributed by atoms with E-state index in [9.17, 15) is 18.3 Å². The van der Waals surface area contributed by atoms with E-state index in [0.717, 1.165) is 12.6 Å². The number of alkyl halides is 3. The summed E-state index contributed by atoms with van der Waals surface area (Å²) in [6, 6.07) is -0.00705. The number of aliphatic hydroxyl groups is 1. The minimum absolute atomic E-state index is 0.00705. The van der Waals surface area contributed by atoms with Crippen molar-refractivity contribution in [2.75, 3.05) is 5.32 Å². The van der Waals surface area contributed by atoms with E-state index in [2.05, 4.69) is 15.3 Å². The molecule has 1 aliphatic carbocycles. The molecule has 1 saturated carbocycles. The fourth-order valence-corrected chi connectivity index (χ4v) is 3.26. The van der Waals surface area contributed by atoms with Crippen molar-refractivity contribution in [2.45, 2.75) is 63.8 Å². The molecule has 1 heterocycles. The van der Waals surface area contributed by atoms with Crippen molar-refractivity contribution in [3.05, 3.63) is 17.0 Å². The van der Waals surface area contributed by atoms with Gasteiger partial charge in [-0.15, -0.1) is 0 Å². The largest absolute Gasteiger partial charge is 0.417 e. The van der Waals surface area contributed by atoms with Crippen LogP contribution in [0.2, 0.25) is 5.02 Å². The molecule has 1 aliphatic rings. The molecular weight excluding hydrogens is 331 g/mol. The van der Waals surface area contributed by atoms with Crippen molar-refractivity contribution in [2.24, 2.45) is 5.92 Å². The van der Waals surface area contributed by atoms with Crippen LogP contribution >= 0.6 is 11.6 Å². The third-order valence-electron chi connectivity index (χ3n) is 4.63. The number of aryl methyl sites for hydroxylation is 1. The number of anilines is 1. The normalized spacial score (nSPS) is 25.0. The smallest absolute Gasteiger partial charge is 0.380 e. The maximum absolute atomic E-state index is 12.9. The monoisotopic (exact) mass is 351 g/mol. The highest BCUT2D eigenvalue weighted by Crippen LogP contribution is 2.43. The highest BCUT2D eigenvalue weighted by molar-refractivity contribution is 6.33. The van der Waals surface area contributed by atoms with Gasteiger partial charge < -0.3 is 10.4 Å². The molecule has 23 heavy (non-hydrogen) atoms. The number of halogens is 4. The maximum atomic E-state index is 12.9. The summed E-state index contributed by atoms with van der Waals surface area (Å²) >= 11 is 6.21. The predicted molar refractivity (Wildman–Crippen MR) is 82.5 cm³/mol. The molecule has 1 atom stereocenters. The Morgan fingerprint density at radius 2 is 1.87 bits per heavy atom. The van der Waals surface area contributed by atoms with Crippen LogP contribution in [-0.4, -0.2) is 32.9 Å². The first kappa shape index (κ1) is 18.3. The summed E-state index contributed by atoms with van der Waals surface area (Å²) in [7, 11) is 0. The summed E-state index contributed by atoms with van der Waals surface area (Å²) < 4.78 is 38.7. The van der Waals surface area contributed by atoms with Gasteiger partial charge in [0.25, 0.3) is 0 Å². The Morgan fingerprint density at radius 1 is 1.26 bits per heavy atom. The van der Waals surface area contributed by atoms with Gasteiger partial charge in [0, 0.05) is 6.04 Å². The van der Waals surface area contributed by atoms with Gasteiger partial charge in [-0.25, -0.2) is 9.97 Å². The topological polar surface area (TPSA) is 58.0 Å². The molecule has 8 heteroatoms. The lowest BCUT2D eigenvalue weighted by Crippen LogP contribution is -2.50. The van der Waals surface area contributed by atoms with Gasteiger partial charge in [-0.2, -0.15) is 13.2 Å². The van der Waals surface area contributed by atoms with Gasteiger partial charge >= 0.3 is 6.18 Å². The lowest BCUT2D eigenvalue weighted by molar-refractivity contribution is -0.275. The van der Waals surface area contributed by atoms with Gasteiger partial charge in [-0.1, -0.05) is 18.5 Å². The van der Waals surface area contributed by atoms with Gasteiger partial charge in [-0.05, 0) is 44.9 Å². The molecule has 2 N–H and O–H groups in total. The Hall–Kier alpha value is -1.08. The Kier molecular flexibility index (Phi) is 5.41. The summed E-state index contributed by atoms with van der Waals surface area (Å²) in [4.78, 5) is 8.19. The molecule has 2 rings (SSSR count). The Labute approximate surface area is 138 Å². The van der Waals surface area contributed by atoms with E-state index in [1.54, 1.807) is 0 Å². The third kappa shape index (κ3) is 3.88. The molecule has 0 radical (unpaired) electrons. The second kappa shape index (κ2) is 6.81. The SMILES string of the molecule is CCc1ncnc(NC2CCC(C(C)(O)C(F)(F)F)CC2)c1Cl. The molecule has 1 aromatic rings. The lowest BCUT2D eigenvalue weighted by atomic mass is 9.76. The number of hydrogen-bond donors (Lipinski definition) is 2. The molecule has 0 spiro atoms. The minimum Gasteiger partial charge on any atom is -0.380 e. The van der Waals surface area contributed by atoms with Crippen LogP contribution in [0.4, 0.5) is 19.0 Å². The fourth-order valence-electron chi connectivity index (χ4n) is 2.98. The number of aromatic nitrogens is 2. The minimum atomic E-state index is -4.61. The molecule has 0 aromatic carbocycles. The zero-order valence-electron chi connectivity index (χ0n) is 13.1. The van der Waals surface area contributed by atoms with Gasteiger partial charge in [-0.3, -0.25) is 0 Å². The molecule has 130 valence electrons. The van der Waals surface area contributed by atoms with Crippen LogP contribution in [0.15, 0.2) is 6.33 Å². The van der Waals surface area contributed by atoms with Crippen molar-refractivity contribution >= 4 is 17.4 Å². The Morgan fingerprint density at radius 3 is 2.39 bits per heavy atom. The van der Waals surface area contributed by atoms with Crippen LogP contribution in [0.25, 0.3) is 0 Å². The third-order valence-corrected chi connectivity index (χ3v) is 5.03. The van der Waals surface area contributed by atoms with Crippen LogP contribution in [0, 0.1) is 5.92 Å². The molecule has 0 saturated heterocycles. The standard InChI is InChI=1S/C15H21ClF3N3O/c1-3-11-12(16)13(21-8-20-11)22-10-6-4-9(5-7-10)14(2,23)15(17,18)19/h8-10,23H,3-7H2,1-2H3,(H,20,21,22). The van der Waals surface area contributed by atoms with Crippen LogP contribution in [0.1, 0.15) is 45.2 Å². The second-order valence-corrected chi connectivity index (χ2v) is 6.55. The molecule has 0 amide bonds. The lowest BCUT2D eigenvalue weighted by Gasteiger charge is -2.39. The van der Waals surface area contributed by atoms with Gasteiger partial charge in [0.1, 0.15) is 17.2 Å². The van der Waals surface area contributed by atoms with Gasteiger partial charge in [0.15, 0.2) is 5.60 Å². The average molecular weight is 352 g/mol. The maximum Gasteiger partial charge on any atom is 0.417 e. The number of nitrogens with one attached hydrogen (secondary N) is 1. The number of hydrogen-bond acceptors (Lipinski definition) is 4. The van der Waals surface area contributed by atoms with E-state index in [0.29, 0.717) is 42.9 Å². The van der Waals surface area contributed by atoms with Crippen molar-refractivity contribution in [3.63, 3.8) is 0 Å². The van der Waals surface area contributed by atoms with E-state index in [4.69, 9.17) is 11.6 Å². The van der Waals surface area contributed by atoms with Gasteiger partial charge in [0.05, 0.1) is 5.69 Å². The molecule has 4 nitrogen and oxygen atoms in total. The van der Waals surface area contributed by atoms with Crippen LogP contribution in [0.5, 0.6) is 0 Å². The molecule has 1 unspecified atom stereocenters. The summed E-state index contributed by atoms with van der Waals surface area (Å²) in [6.45, 7) is 2.79. The van der Waals surface area contributed by atoms with E-state index in [1.807, 2.05) is 6.92 Å². The van der Waals surface area contributed by atoms with Crippen molar-refractivity contribution in [3.8, 4) is 0 Å². The van der Waals surface area contributed by atoms with Crippen molar-refractivity contribution in [1.82, 2.24) is 9.97 Å². The van der Waals surface area contributed by atoms with E-state index in [1.165, 1.54) is 6.33 Å². The van der Waals surface area contributed by atoms with Crippen molar-refractivity contribution < 1.29 is 18.3 Å². The summed E-state index contributed by atoms with van der Waals surface area (Å²) in [5.74, 6) is -0.267. The van der Waals surface area contributed by atoms with Crippen LogP contribution in [0.3, 0.4) is 0 Å². The average Bonchev–Trinajstić information content (AvgIpc) is 2.49. The second-order valence-electron chi connectivity index (χ2n) is 6.17. The highest BCUT2D eigenvalue weighted by Gasteiger charge is 2.54. The highest BCUT2D eigenvalue weighted by atomic mass is 35.5. The van der Waals surface area contributed by atoms with E-state index >= 15 is 0 Å². The Balaban J connectivity index is 1.98. The quantitative estimate of drug-likeness (QED) is 0.861. The number of rotatable bonds is 4. The van der Waals surface area contributed by atoms with Crippen LogP contribution in [-0.2, 0) is 6.42 Å². The Bertz CT molecular complexity index is 543. The van der Waals surface area contributed by atoms with Crippen LogP contribution < -0.4 is 5.32 Å². The zero-order chi connectivity index (χ0) is 17.3. The first-order valence-corrected chi connectivity index (χ1v) is 8.09. The summed E-state index contributed by atoms with van der Waals surface area (Å²) in [5.41, 5.74) is -1.90. The molecule has 0 bridgehead atoms. The molecule has 1 aromatic heterocycles. The predicted octanol–water partition coefficient (Wildman–Crippen LogP) is 3.98. The van der Waals surface area contributed by atoms with E-state index in [-0.39, 0.29) is 6.04 Å². The summed E-state index contributed by atoms with van der Waals surface area (Å²) in [6.07, 6.45) is -0.854. The molecule has 1 fully saturated rings. The van der Waals surface area contributed by atoms with Crippen molar-refractivity contribution in [1.29, 1.82) is 0 Å². The zero-order valence-corrected chi connectivity index (χ0v) is 13.9. The van der Waals surface area contributed by atoms with E-state index < -0.39 is 17.7 Å². The number of nitrogens with zero attached hydrogens (tertiary/aromatic N) is 2. The molecule has 0 aliphatic heterocycles. The first-order chi connectivity index (χ1) is 10.7. The van der Waals surface area contributed by atoms with Gasteiger partial charge in [0.2, 0.25) is 0 Å². The first-order valence-electron chi connectivity index (χ1n) is 7.71.